The van der Waals surface area contributed by atoms with Gasteiger partial charge in [0.25, 0.3) is 0 Å². The van der Waals surface area contributed by atoms with Crippen molar-refractivity contribution in [2.24, 2.45) is 5.73 Å². The monoisotopic (exact) mass is 216 g/mol. The van der Waals surface area contributed by atoms with E-state index in [-0.39, 0.29) is 5.54 Å². The van der Waals surface area contributed by atoms with Crippen LogP contribution in [0, 0.1) is 0 Å². The Morgan fingerprint density at radius 1 is 1.07 bits per heavy atom. The van der Waals surface area contributed by atoms with E-state index in [0.29, 0.717) is 6.54 Å². The highest BCUT2D eigenvalue weighted by molar-refractivity contribution is 4.82. The highest BCUT2D eigenvalue weighted by Gasteiger charge is 2.23. The number of nitrogens with two attached hydrogens (primary N) is 1. The van der Waals surface area contributed by atoms with Crippen molar-refractivity contribution in [1.82, 2.24) is 4.90 Å². The van der Waals surface area contributed by atoms with E-state index in [9.17, 15) is 0 Å². The Morgan fingerprint density at radius 3 is 2.20 bits per heavy atom. The number of rotatable bonds is 9. The van der Waals surface area contributed by atoms with Gasteiger partial charge in [0.05, 0.1) is 6.61 Å². The molecule has 0 aliphatic carbocycles. The first-order chi connectivity index (χ1) is 7.08. The Kier molecular flexibility index (Phi) is 8.02. The minimum atomic E-state index is 0.0889. The third-order valence-electron chi connectivity index (χ3n) is 2.70. The van der Waals surface area contributed by atoms with E-state index in [2.05, 4.69) is 32.6 Å². The van der Waals surface area contributed by atoms with Gasteiger partial charge >= 0.3 is 0 Å². The summed E-state index contributed by atoms with van der Waals surface area (Å²) in [5.41, 5.74) is 5.87. The molecule has 15 heavy (non-hydrogen) atoms. The zero-order chi connectivity index (χ0) is 11.7. The van der Waals surface area contributed by atoms with Crippen LogP contribution in [-0.4, -0.2) is 43.3 Å². The molecule has 0 aromatic carbocycles. The van der Waals surface area contributed by atoms with Crippen LogP contribution in [0.25, 0.3) is 0 Å². The van der Waals surface area contributed by atoms with Gasteiger partial charge in [-0.3, -0.25) is 4.90 Å². The molecular weight excluding hydrogens is 188 g/mol. The smallest absolute Gasteiger partial charge is 0.0593 e. The summed E-state index contributed by atoms with van der Waals surface area (Å²) >= 11 is 0. The molecule has 0 aromatic heterocycles. The Bertz CT molecular complexity index is 149. The van der Waals surface area contributed by atoms with Crippen molar-refractivity contribution in [1.29, 1.82) is 0 Å². The van der Waals surface area contributed by atoms with Gasteiger partial charge in [0.2, 0.25) is 0 Å². The van der Waals surface area contributed by atoms with Crippen LogP contribution >= 0.6 is 0 Å². The zero-order valence-corrected chi connectivity index (χ0v) is 10.9. The normalized spacial score (nSPS) is 12.4. The summed E-state index contributed by atoms with van der Waals surface area (Å²) in [6.45, 7) is 13.2. The molecule has 0 fully saturated rings. The molecule has 3 heteroatoms. The number of hydrogen-bond acceptors (Lipinski definition) is 3. The van der Waals surface area contributed by atoms with Crippen LogP contribution in [0.5, 0.6) is 0 Å². The quantitative estimate of drug-likeness (QED) is 0.598. The van der Waals surface area contributed by atoms with Gasteiger partial charge in [-0.2, -0.15) is 0 Å². The van der Waals surface area contributed by atoms with Gasteiger partial charge in [0.1, 0.15) is 0 Å². The predicted molar refractivity (Wildman–Crippen MR) is 66.1 cm³/mol. The average molecular weight is 216 g/mol. The van der Waals surface area contributed by atoms with E-state index in [1.807, 2.05) is 0 Å². The van der Waals surface area contributed by atoms with Crippen molar-refractivity contribution in [2.45, 2.75) is 46.1 Å². The second-order valence-corrected chi connectivity index (χ2v) is 4.62. The predicted octanol–water partition coefficient (Wildman–Crippen LogP) is 1.86. The summed E-state index contributed by atoms with van der Waals surface area (Å²) in [7, 11) is 0. The lowest BCUT2D eigenvalue weighted by molar-refractivity contribution is 0.0610. The molecule has 0 unspecified atom stereocenters. The summed E-state index contributed by atoms with van der Waals surface area (Å²) in [6.07, 6.45) is 2.26. The van der Waals surface area contributed by atoms with E-state index in [4.69, 9.17) is 10.5 Å². The summed E-state index contributed by atoms with van der Waals surface area (Å²) in [5, 5.41) is 0. The SMILES string of the molecule is CCCOCCN(CCC)C(C)(C)CN. The average Bonchev–Trinajstić information content (AvgIpc) is 2.22. The number of hydrogen-bond donors (Lipinski definition) is 1. The first kappa shape index (κ1) is 14.9. The first-order valence-electron chi connectivity index (χ1n) is 6.11. The zero-order valence-electron chi connectivity index (χ0n) is 10.9. The van der Waals surface area contributed by atoms with Crippen LogP contribution < -0.4 is 5.73 Å². The van der Waals surface area contributed by atoms with E-state index in [1.54, 1.807) is 0 Å². The summed E-state index contributed by atoms with van der Waals surface area (Å²) < 4.78 is 5.52. The van der Waals surface area contributed by atoms with Crippen LogP contribution in [0.2, 0.25) is 0 Å². The molecule has 0 saturated heterocycles. The Hall–Kier alpha value is -0.120. The van der Waals surface area contributed by atoms with E-state index >= 15 is 0 Å². The highest BCUT2D eigenvalue weighted by Crippen LogP contribution is 2.12. The van der Waals surface area contributed by atoms with Gasteiger partial charge < -0.3 is 10.5 Å². The molecule has 0 atom stereocenters. The molecule has 0 saturated carbocycles. The van der Waals surface area contributed by atoms with Crippen molar-refractivity contribution >= 4 is 0 Å². The van der Waals surface area contributed by atoms with Gasteiger partial charge in [-0.1, -0.05) is 13.8 Å². The van der Waals surface area contributed by atoms with E-state index in [1.165, 1.54) is 0 Å². The van der Waals surface area contributed by atoms with Crippen molar-refractivity contribution in [3.05, 3.63) is 0 Å². The van der Waals surface area contributed by atoms with Crippen LogP contribution in [0.3, 0.4) is 0 Å². The Labute approximate surface area is 95.0 Å². The maximum Gasteiger partial charge on any atom is 0.0593 e. The van der Waals surface area contributed by atoms with Crippen LogP contribution in [0.4, 0.5) is 0 Å². The lowest BCUT2D eigenvalue weighted by Crippen LogP contribution is -2.50. The lowest BCUT2D eigenvalue weighted by Gasteiger charge is -2.37. The molecule has 0 amide bonds. The summed E-state index contributed by atoms with van der Waals surface area (Å²) in [4.78, 5) is 2.42. The maximum absolute atomic E-state index is 5.79. The molecule has 0 rings (SSSR count). The molecular formula is C12H28N2O. The Morgan fingerprint density at radius 2 is 1.73 bits per heavy atom. The minimum Gasteiger partial charge on any atom is -0.380 e. The molecule has 0 aliphatic heterocycles. The minimum absolute atomic E-state index is 0.0889. The van der Waals surface area contributed by atoms with Crippen molar-refractivity contribution in [3.63, 3.8) is 0 Å². The largest absolute Gasteiger partial charge is 0.380 e. The summed E-state index contributed by atoms with van der Waals surface area (Å²) in [5.74, 6) is 0. The van der Waals surface area contributed by atoms with Crippen LogP contribution in [-0.2, 0) is 4.74 Å². The van der Waals surface area contributed by atoms with Gasteiger partial charge in [0.15, 0.2) is 0 Å². The fourth-order valence-corrected chi connectivity index (χ4v) is 1.54. The van der Waals surface area contributed by atoms with Gasteiger partial charge in [-0.25, -0.2) is 0 Å². The number of nitrogens with zero attached hydrogens (tertiary/aromatic N) is 1. The lowest BCUT2D eigenvalue weighted by atomic mass is 10.0. The standard InChI is InChI=1S/C12H28N2O/c1-5-7-14(12(3,4)11-13)8-10-15-9-6-2/h5-11,13H2,1-4H3. The number of ether oxygens (including phenoxy) is 1. The van der Waals surface area contributed by atoms with Gasteiger partial charge in [-0.15, -0.1) is 0 Å². The second kappa shape index (κ2) is 8.08. The van der Waals surface area contributed by atoms with E-state index in [0.717, 1.165) is 39.1 Å². The van der Waals surface area contributed by atoms with Gasteiger partial charge in [-0.05, 0) is 33.2 Å². The molecule has 0 spiro atoms. The molecule has 0 aliphatic rings. The fraction of sp³-hybridized carbons (Fsp3) is 1.00. The van der Waals surface area contributed by atoms with Crippen molar-refractivity contribution < 1.29 is 4.74 Å². The van der Waals surface area contributed by atoms with E-state index < -0.39 is 0 Å². The maximum atomic E-state index is 5.79. The molecule has 2 N–H and O–H groups in total. The third kappa shape index (κ3) is 6.13. The molecule has 0 aromatic rings. The van der Waals surface area contributed by atoms with Crippen LogP contribution in [0.15, 0.2) is 0 Å². The topological polar surface area (TPSA) is 38.5 Å². The first-order valence-corrected chi connectivity index (χ1v) is 6.11. The highest BCUT2D eigenvalue weighted by atomic mass is 16.5. The molecule has 0 radical (unpaired) electrons. The van der Waals surface area contributed by atoms with Crippen LogP contribution in [0.1, 0.15) is 40.5 Å². The fourth-order valence-electron chi connectivity index (χ4n) is 1.54. The van der Waals surface area contributed by atoms with Crippen molar-refractivity contribution in [3.8, 4) is 0 Å². The molecule has 0 bridgehead atoms. The Balaban J connectivity index is 3.93. The third-order valence-corrected chi connectivity index (χ3v) is 2.70. The summed E-state index contributed by atoms with van der Waals surface area (Å²) in [6, 6.07) is 0. The van der Waals surface area contributed by atoms with Gasteiger partial charge in [0, 0.05) is 25.2 Å². The molecule has 0 heterocycles. The second-order valence-electron chi connectivity index (χ2n) is 4.62. The molecule has 3 nitrogen and oxygen atoms in total. The van der Waals surface area contributed by atoms with Crippen molar-refractivity contribution in [2.75, 3.05) is 32.8 Å². The molecule has 92 valence electrons.